The maximum Gasteiger partial charge on any atom is 0.252 e. The normalized spacial score (nSPS) is 14.2. The lowest BCUT2D eigenvalue weighted by atomic mass is 9.89. The van der Waals surface area contributed by atoms with Gasteiger partial charge in [0.2, 0.25) is 11.8 Å². The van der Waals surface area contributed by atoms with E-state index in [1.54, 1.807) is 23.1 Å². The van der Waals surface area contributed by atoms with Gasteiger partial charge in [0.1, 0.15) is 6.04 Å². The van der Waals surface area contributed by atoms with E-state index in [0.29, 0.717) is 59.3 Å². The summed E-state index contributed by atoms with van der Waals surface area (Å²) < 4.78 is 0.693. The summed E-state index contributed by atoms with van der Waals surface area (Å²) in [5.41, 5.74) is 9.52. The minimum absolute atomic E-state index is 0.130. The average molecular weight is 625 g/mol. The third kappa shape index (κ3) is 5.41. The Morgan fingerprint density at radius 3 is 2.43 bits per heavy atom. The molecule has 1 fully saturated rings. The summed E-state index contributed by atoms with van der Waals surface area (Å²) in [5.74, 6) is -1.13. The quantitative estimate of drug-likeness (QED) is 0.211. The maximum atomic E-state index is 14.2. The van der Waals surface area contributed by atoms with Crippen LogP contribution >= 0.6 is 15.9 Å². The van der Waals surface area contributed by atoms with Gasteiger partial charge in [-0.05, 0) is 46.2 Å². The number of carbonyl (C=O) groups excluding carboxylic acids is 3. The van der Waals surface area contributed by atoms with Gasteiger partial charge in [-0.15, -0.1) is 0 Å². The molecule has 5 aromatic rings. The van der Waals surface area contributed by atoms with Gasteiger partial charge in [-0.25, -0.2) is 0 Å². The molecule has 4 aromatic carbocycles. The minimum atomic E-state index is -0.801. The first-order valence-electron chi connectivity index (χ1n) is 13.9. The highest BCUT2D eigenvalue weighted by molar-refractivity contribution is 9.10. The van der Waals surface area contributed by atoms with Crippen LogP contribution < -0.4 is 16.4 Å². The SMILES string of the molecule is NC(=O)c1ccc2ccccc2c1-c1ccc(Br)cc1C(=O)NC(Cc1c[nH]c2ccccc12)C(=O)N1CCNCC1. The van der Waals surface area contributed by atoms with Crippen molar-refractivity contribution in [2.24, 2.45) is 5.73 Å². The zero-order valence-electron chi connectivity index (χ0n) is 22.8. The van der Waals surface area contributed by atoms with Crippen LogP contribution in [0.1, 0.15) is 26.3 Å². The predicted molar refractivity (Wildman–Crippen MR) is 168 cm³/mol. The predicted octanol–water partition coefficient (Wildman–Crippen LogP) is 4.62. The smallest absolute Gasteiger partial charge is 0.252 e. The fourth-order valence-electron chi connectivity index (χ4n) is 5.75. The lowest BCUT2D eigenvalue weighted by molar-refractivity contribution is -0.133. The number of fused-ring (bicyclic) bond motifs is 2. The van der Waals surface area contributed by atoms with Gasteiger partial charge in [0.05, 0.1) is 0 Å². The molecule has 1 atom stereocenters. The lowest BCUT2D eigenvalue weighted by Crippen LogP contribution is -2.54. The van der Waals surface area contributed by atoms with Gasteiger partial charge in [-0.3, -0.25) is 14.4 Å². The van der Waals surface area contributed by atoms with Gasteiger partial charge in [0.15, 0.2) is 0 Å². The summed E-state index contributed by atoms with van der Waals surface area (Å²) in [6, 6.07) is 23.7. The number of halogens is 1. The molecular weight excluding hydrogens is 594 g/mol. The molecule has 0 aliphatic carbocycles. The molecule has 1 unspecified atom stereocenters. The number of primary amides is 1. The third-order valence-corrected chi connectivity index (χ3v) is 8.31. The highest BCUT2D eigenvalue weighted by atomic mass is 79.9. The van der Waals surface area contributed by atoms with Crippen LogP contribution in [0.5, 0.6) is 0 Å². The fourth-order valence-corrected chi connectivity index (χ4v) is 6.11. The van der Waals surface area contributed by atoms with Gasteiger partial charge in [0.25, 0.3) is 5.91 Å². The molecule has 9 heteroatoms. The number of aromatic nitrogens is 1. The summed E-state index contributed by atoms with van der Waals surface area (Å²) in [6.45, 7) is 2.54. The third-order valence-electron chi connectivity index (χ3n) is 7.82. The molecule has 2 heterocycles. The Kier molecular flexibility index (Phi) is 7.78. The molecule has 0 radical (unpaired) electrons. The Balaban J connectivity index is 1.42. The number of nitrogens with one attached hydrogen (secondary N) is 3. The van der Waals surface area contributed by atoms with E-state index >= 15 is 0 Å². The number of piperazine rings is 1. The summed E-state index contributed by atoms with van der Waals surface area (Å²) in [4.78, 5) is 45.7. The Hall–Kier alpha value is -4.47. The molecule has 5 N–H and O–H groups in total. The number of carbonyl (C=O) groups is 3. The van der Waals surface area contributed by atoms with Gasteiger partial charge in [-0.2, -0.15) is 0 Å². The van der Waals surface area contributed by atoms with Crippen LogP contribution in [0.4, 0.5) is 0 Å². The van der Waals surface area contributed by atoms with E-state index in [0.717, 1.165) is 27.2 Å². The van der Waals surface area contributed by atoms with Crippen molar-refractivity contribution in [3.05, 3.63) is 106 Å². The number of nitrogens with zero attached hydrogens (tertiary/aromatic N) is 1. The monoisotopic (exact) mass is 623 g/mol. The molecule has 6 rings (SSSR count). The molecule has 0 bridgehead atoms. The summed E-state index contributed by atoms with van der Waals surface area (Å²) in [6.07, 6.45) is 2.22. The number of aromatic amines is 1. The van der Waals surface area contributed by atoms with Crippen molar-refractivity contribution < 1.29 is 14.4 Å². The molecule has 1 aliphatic rings. The summed E-state index contributed by atoms with van der Waals surface area (Å²) in [5, 5.41) is 9.07. The van der Waals surface area contributed by atoms with E-state index in [-0.39, 0.29) is 5.91 Å². The van der Waals surface area contributed by atoms with E-state index < -0.39 is 17.9 Å². The van der Waals surface area contributed by atoms with Crippen LogP contribution in [-0.4, -0.2) is 59.8 Å². The Labute approximate surface area is 251 Å². The molecule has 0 spiro atoms. The first-order chi connectivity index (χ1) is 20.4. The van der Waals surface area contributed by atoms with Crippen molar-refractivity contribution in [1.29, 1.82) is 0 Å². The second-order valence-electron chi connectivity index (χ2n) is 10.4. The largest absolute Gasteiger partial charge is 0.366 e. The van der Waals surface area contributed by atoms with E-state index in [1.165, 1.54) is 0 Å². The number of hydrogen-bond donors (Lipinski definition) is 4. The Morgan fingerprint density at radius 2 is 1.64 bits per heavy atom. The molecule has 1 aliphatic heterocycles. The maximum absolute atomic E-state index is 14.2. The van der Waals surface area contributed by atoms with Crippen molar-refractivity contribution in [3.8, 4) is 11.1 Å². The van der Waals surface area contributed by atoms with Gasteiger partial charge in [-0.1, -0.05) is 70.5 Å². The number of benzene rings is 4. The first kappa shape index (κ1) is 27.7. The number of rotatable bonds is 7. The Bertz CT molecular complexity index is 1830. The van der Waals surface area contributed by atoms with Crippen LogP contribution in [0.2, 0.25) is 0 Å². The van der Waals surface area contributed by atoms with E-state index in [2.05, 4.69) is 31.5 Å². The molecule has 212 valence electrons. The molecule has 42 heavy (non-hydrogen) atoms. The molecule has 8 nitrogen and oxygen atoms in total. The van der Waals surface area contributed by atoms with Crippen molar-refractivity contribution in [1.82, 2.24) is 20.5 Å². The molecular formula is C33H30BrN5O3. The number of para-hydroxylation sites is 1. The fraction of sp³-hybridized carbons (Fsp3) is 0.182. The van der Waals surface area contributed by atoms with Crippen molar-refractivity contribution in [2.75, 3.05) is 26.2 Å². The van der Waals surface area contributed by atoms with E-state index in [9.17, 15) is 14.4 Å². The number of hydrogen-bond acceptors (Lipinski definition) is 4. The second kappa shape index (κ2) is 11.8. The minimum Gasteiger partial charge on any atom is -0.366 e. The first-order valence-corrected chi connectivity index (χ1v) is 14.7. The molecule has 1 saturated heterocycles. The zero-order valence-corrected chi connectivity index (χ0v) is 24.4. The van der Waals surface area contributed by atoms with Crippen molar-refractivity contribution >= 4 is 55.3 Å². The highest BCUT2D eigenvalue weighted by Crippen LogP contribution is 2.36. The van der Waals surface area contributed by atoms with E-state index in [4.69, 9.17) is 5.73 Å². The van der Waals surface area contributed by atoms with E-state index in [1.807, 2.05) is 66.9 Å². The molecule has 3 amide bonds. The highest BCUT2D eigenvalue weighted by Gasteiger charge is 2.30. The van der Waals surface area contributed by atoms with Crippen LogP contribution in [0.15, 0.2) is 89.5 Å². The van der Waals surface area contributed by atoms with Gasteiger partial charge >= 0.3 is 0 Å². The van der Waals surface area contributed by atoms with Crippen LogP contribution in [-0.2, 0) is 11.2 Å². The van der Waals surface area contributed by atoms with Crippen LogP contribution in [0, 0.1) is 0 Å². The molecule has 0 saturated carbocycles. The lowest BCUT2D eigenvalue weighted by Gasteiger charge is -2.31. The number of amides is 3. The van der Waals surface area contributed by atoms with Gasteiger partial charge in [0, 0.05) is 70.9 Å². The average Bonchev–Trinajstić information content (AvgIpc) is 3.42. The van der Waals surface area contributed by atoms with Gasteiger partial charge < -0.3 is 26.3 Å². The van der Waals surface area contributed by atoms with Crippen molar-refractivity contribution in [2.45, 2.75) is 12.5 Å². The Morgan fingerprint density at radius 1 is 0.905 bits per heavy atom. The number of H-pyrrole nitrogens is 1. The number of nitrogens with two attached hydrogens (primary N) is 1. The summed E-state index contributed by atoms with van der Waals surface area (Å²) in [7, 11) is 0. The van der Waals surface area contributed by atoms with Crippen LogP contribution in [0.3, 0.4) is 0 Å². The van der Waals surface area contributed by atoms with Crippen molar-refractivity contribution in [3.63, 3.8) is 0 Å². The topological polar surface area (TPSA) is 120 Å². The second-order valence-corrected chi connectivity index (χ2v) is 11.3. The zero-order chi connectivity index (χ0) is 29.2. The van der Waals surface area contributed by atoms with Crippen LogP contribution in [0.25, 0.3) is 32.8 Å². The molecule has 1 aromatic heterocycles. The standard InChI is InChI=1S/C33H30BrN5O3/c34-22-10-12-25(30-24-7-2-1-5-20(24)9-11-26(30)31(35)40)27(18-22)32(41)38-29(33(42)39-15-13-36-14-16-39)17-21-19-37-28-8-4-3-6-23(21)28/h1-12,18-19,29,36-37H,13-17H2,(H2,35,40)(H,38,41). The summed E-state index contributed by atoms with van der Waals surface area (Å²) >= 11 is 3.51.